The number of aromatic nitrogens is 1. The van der Waals surface area contributed by atoms with Crippen LogP contribution >= 0.6 is 24.0 Å². The van der Waals surface area contributed by atoms with E-state index in [4.69, 9.17) is 17.0 Å². The fourth-order valence-corrected chi connectivity index (χ4v) is 5.55. The zero-order valence-corrected chi connectivity index (χ0v) is 21.0. The lowest BCUT2D eigenvalue weighted by Crippen LogP contribution is -2.42. The number of hydrogen-bond donors (Lipinski definition) is 0. The van der Waals surface area contributed by atoms with Crippen LogP contribution in [0, 0.1) is 24.2 Å². The minimum Gasteiger partial charge on any atom is -0.466 e. The molecule has 1 unspecified atom stereocenters. The summed E-state index contributed by atoms with van der Waals surface area (Å²) in [5.41, 5.74) is 0.763. The summed E-state index contributed by atoms with van der Waals surface area (Å²) >= 11 is 6.61. The third-order valence-electron chi connectivity index (χ3n) is 5.91. The van der Waals surface area contributed by atoms with E-state index in [9.17, 15) is 19.6 Å². The number of carbonyl (C=O) groups excluding carboxylic acids is 2. The third kappa shape index (κ3) is 4.84. The van der Waals surface area contributed by atoms with E-state index in [1.54, 1.807) is 31.9 Å². The lowest BCUT2D eigenvalue weighted by Gasteiger charge is -2.35. The van der Waals surface area contributed by atoms with Crippen LogP contribution in [0.25, 0.3) is 6.08 Å². The Bertz CT molecular complexity index is 1120. The summed E-state index contributed by atoms with van der Waals surface area (Å²) < 4.78 is 7.16. The van der Waals surface area contributed by atoms with Crippen LogP contribution < -0.4 is 10.5 Å². The Morgan fingerprint density at radius 1 is 1.36 bits per heavy atom. The number of rotatable bonds is 6. The summed E-state index contributed by atoms with van der Waals surface area (Å²) in [5, 5.41) is 9.63. The zero-order valence-electron chi connectivity index (χ0n) is 19.3. The molecule has 0 bridgehead atoms. The standard InChI is InChI=1S/C23H28N4O4S2/c1-5-9-27-21(29)18(33-23(27)32)11-16-14(3)17(12-24)20(28)25(4)19(16)26-10-7-8-15(13-26)22(30)31-6-2/h11,15H,5-10,13H2,1-4H3/b18-11-. The molecular formula is C23H28N4O4S2. The maximum Gasteiger partial charge on any atom is 0.310 e. The SMILES string of the molecule is CCCN1C(=O)/C(=C/c2c(C)c(C#N)c(=O)n(C)c2N2CCCC(C(=O)OCC)C2)SC1=S. The largest absolute Gasteiger partial charge is 0.466 e. The van der Waals surface area contributed by atoms with E-state index in [1.807, 2.05) is 17.9 Å². The van der Waals surface area contributed by atoms with Gasteiger partial charge in [-0.2, -0.15) is 5.26 Å². The van der Waals surface area contributed by atoms with Crippen molar-refractivity contribution in [2.45, 2.75) is 40.0 Å². The molecule has 1 aromatic rings. The third-order valence-corrected chi connectivity index (χ3v) is 7.28. The summed E-state index contributed by atoms with van der Waals surface area (Å²) in [7, 11) is 1.62. The second-order valence-electron chi connectivity index (χ2n) is 8.08. The van der Waals surface area contributed by atoms with Crippen molar-refractivity contribution in [3.05, 3.63) is 31.9 Å². The van der Waals surface area contributed by atoms with Gasteiger partial charge in [-0.05, 0) is 44.7 Å². The van der Waals surface area contributed by atoms with Crippen molar-refractivity contribution in [3.8, 4) is 6.07 Å². The van der Waals surface area contributed by atoms with Gasteiger partial charge in [0, 0.05) is 32.2 Å². The van der Waals surface area contributed by atoms with Gasteiger partial charge in [-0.15, -0.1) is 0 Å². The van der Waals surface area contributed by atoms with Gasteiger partial charge in [-0.3, -0.25) is 23.9 Å². The van der Waals surface area contributed by atoms with Crippen LogP contribution in [0.4, 0.5) is 5.82 Å². The van der Waals surface area contributed by atoms with Crippen LogP contribution in [0.3, 0.4) is 0 Å². The average Bonchev–Trinajstić information content (AvgIpc) is 3.06. The van der Waals surface area contributed by atoms with E-state index in [1.165, 1.54) is 16.3 Å². The van der Waals surface area contributed by atoms with Gasteiger partial charge in [0.25, 0.3) is 11.5 Å². The van der Waals surface area contributed by atoms with Crippen LogP contribution in [-0.4, -0.2) is 51.9 Å². The average molecular weight is 489 g/mol. The van der Waals surface area contributed by atoms with Gasteiger partial charge in [-0.1, -0.05) is 30.9 Å². The van der Waals surface area contributed by atoms with E-state index in [2.05, 4.69) is 0 Å². The number of hydrogen-bond acceptors (Lipinski definition) is 8. The molecule has 8 nitrogen and oxygen atoms in total. The van der Waals surface area contributed by atoms with E-state index in [-0.39, 0.29) is 23.4 Å². The Hall–Kier alpha value is -2.64. The Kier molecular flexibility index (Phi) is 7.97. The molecule has 10 heteroatoms. The van der Waals surface area contributed by atoms with Crippen molar-refractivity contribution < 1.29 is 14.3 Å². The number of ether oxygens (including phenoxy) is 1. The predicted octanol–water partition coefficient (Wildman–Crippen LogP) is 2.96. The zero-order chi connectivity index (χ0) is 24.3. The van der Waals surface area contributed by atoms with E-state index in [0.717, 1.165) is 12.8 Å². The van der Waals surface area contributed by atoms with Crippen LogP contribution in [0.1, 0.15) is 49.8 Å². The summed E-state index contributed by atoms with van der Waals surface area (Å²) in [4.78, 5) is 42.3. The number of amides is 1. The number of anilines is 1. The monoisotopic (exact) mass is 488 g/mol. The topological polar surface area (TPSA) is 95.6 Å². The Morgan fingerprint density at radius 2 is 2.09 bits per heavy atom. The van der Waals surface area contributed by atoms with Gasteiger partial charge in [-0.25, -0.2) is 0 Å². The van der Waals surface area contributed by atoms with Gasteiger partial charge >= 0.3 is 5.97 Å². The fourth-order valence-electron chi connectivity index (χ4n) is 4.26. The Balaban J connectivity index is 2.13. The number of esters is 1. The summed E-state index contributed by atoms with van der Waals surface area (Å²) in [6, 6.07) is 2.01. The second-order valence-corrected chi connectivity index (χ2v) is 9.76. The smallest absolute Gasteiger partial charge is 0.310 e. The van der Waals surface area contributed by atoms with E-state index in [0.29, 0.717) is 58.8 Å². The van der Waals surface area contributed by atoms with Gasteiger partial charge in [0.2, 0.25) is 0 Å². The van der Waals surface area contributed by atoms with Crippen LogP contribution in [0.2, 0.25) is 0 Å². The molecule has 1 amide bonds. The highest BCUT2D eigenvalue weighted by molar-refractivity contribution is 8.26. The molecule has 2 aliphatic heterocycles. The molecular weight excluding hydrogens is 460 g/mol. The molecule has 3 heterocycles. The molecule has 0 radical (unpaired) electrons. The molecule has 0 spiro atoms. The van der Waals surface area contributed by atoms with Crippen molar-refractivity contribution in [3.63, 3.8) is 0 Å². The highest BCUT2D eigenvalue weighted by Crippen LogP contribution is 2.36. The fraction of sp³-hybridized carbons (Fsp3) is 0.522. The molecule has 2 aliphatic rings. The number of carbonyl (C=O) groups is 2. The van der Waals surface area contributed by atoms with Crippen LogP contribution in [0.5, 0.6) is 0 Å². The number of nitrogens with zero attached hydrogens (tertiary/aromatic N) is 4. The molecule has 176 valence electrons. The summed E-state index contributed by atoms with van der Waals surface area (Å²) in [5.74, 6) is -0.140. The lowest BCUT2D eigenvalue weighted by molar-refractivity contribution is -0.148. The number of piperidine rings is 1. The highest BCUT2D eigenvalue weighted by atomic mass is 32.2. The summed E-state index contributed by atoms with van der Waals surface area (Å²) in [6.07, 6.45) is 3.98. The van der Waals surface area contributed by atoms with Crippen molar-refractivity contribution in [2.24, 2.45) is 13.0 Å². The number of thiocarbonyl (C=S) groups is 1. The summed E-state index contributed by atoms with van der Waals surface area (Å²) in [6.45, 7) is 7.37. The van der Waals surface area contributed by atoms with Crippen molar-refractivity contribution in [1.29, 1.82) is 5.26 Å². The maximum atomic E-state index is 13.0. The van der Waals surface area contributed by atoms with E-state index >= 15 is 0 Å². The number of thioether (sulfide) groups is 1. The Morgan fingerprint density at radius 3 is 2.73 bits per heavy atom. The minimum absolute atomic E-state index is 0.0375. The molecule has 2 saturated heterocycles. The molecule has 1 atom stereocenters. The van der Waals surface area contributed by atoms with Gasteiger partial charge in [0.05, 0.1) is 17.4 Å². The molecule has 0 aromatic carbocycles. The molecule has 33 heavy (non-hydrogen) atoms. The number of pyridine rings is 1. The van der Waals surface area contributed by atoms with Crippen molar-refractivity contribution in [2.75, 3.05) is 31.1 Å². The Labute approximate surface area is 203 Å². The first-order valence-electron chi connectivity index (χ1n) is 11.1. The van der Waals surface area contributed by atoms with Crippen molar-refractivity contribution >= 4 is 52.1 Å². The van der Waals surface area contributed by atoms with E-state index < -0.39 is 5.56 Å². The first-order chi connectivity index (χ1) is 15.7. The van der Waals surface area contributed by atoms with Gasteiger partial charge in [0.1, 0.15) is 21.8 Å². The van der Waals surface area contributed by atoms with Crippen LogP contribution in [-0.2, 0) is 21.4 Å². The van der Waals surface area contributed by atoms with Gasteiger partial charge in [0.15, 0.2) is 0 Å². The maximum absolute atomic E-state index is 13.0. The molecule has 3 rings (SSSR count). The number of nitriles is 1. The normalized spacial score (nSPS) is 19.8. The molecule has 0 N–H and O–H groups in total. The minimum atomic E-state index is -0.404. The second kappa shape index (κ2) is 10.5. The quantitative estimate of drug-likeness (QED) is 0.343. The first kappa shape index (κ1) is 25.0. The van der Waals surface area contributed by atoms with Gasteiger partial charge < -0.3 is 9.64 Å². The molecule has 1 aromatic heterocycles. The molecule has 0 saturated carbocycles. The highest BCUT2D eigenvalue weighted by Gasteiger charge is 2.34. The lowest BCUT2D eigenvalue weighted by atomic mass is 9.96. The van der Waals surface area contributed by atoms with Crippen LogP contribution in [0.15, 0.2) is 9.70 Å². The van der Waals surface area contributed by atoms with Crippen molar-refractivity contribution in [1.82, 2.24) is 9.47 Å². The predicted molar refractivity (Wildman–Crippen MR) is 133 cm³/mol. The molecule has 2 fully saturated rings. The molecule has 0 aliphatic carbocycles. The first-order valence-corrected chi connectivity index (χ1v) is 12.3.